The molecule has 0 aliphatic rings. The average Bonchev–Trinajstić information content (AvgIpc) is 2.13. The molecule has 0 fully saturated rings. The summed E-state index contributed by atoms with van der Waals surface area (Å²) in [6.45, 7) is 1.66. The van der Waals surface area contributed by atoms with Gasteiger partial charge in [-0.15, -0.1) is 0 Å². The number of amides is 1. The van der Waals surface area contributed by atoms with Gasteiger partial charge in [0, 0.05) is 11.8 Å². The van der Waals surface area contributed by atoms with Gasteiger partial charge in [0.25, 0.3) is 5.56 Å². The molecular formula is C8H8Cl3N3O2. The lowest BCUT2D eigenvalue weighted by molar-refractivity contribution is -0.110. The molecule has 88 valence electrons. The SMILES string of the molecule is Cc1cc(=O)n(C(NC=O)C(Cl)(Cl)Cl)cn1. The number of carbonyl (C=O) groups is 1. The number of hydrogen-bond acceptors (Lipinski definition) is 3. The maximum atomic E-state index is 11.6. The van der Waals surface area contributed by atoms with E-state index in [0.717, 1.165) is 4.57 Å². The molecule has 0 aromatic carbocycles. The second-order valence-electron chi connectivity index (χ2n) is 3.00. The topological polar surface area (TPSA) is 64.0 Å². The fourth-order valence-electron chi connectivity index (χ4n) is 1.09. The Balaban J connectivity index is 3.21. The largest absolute Gasteiger partial charge is 0.334 e. The minimum Gasteiger partial charge on any atom is -0.334 e. The molecule has 1 aromatic heterocycles. The molecule has 1 atom stereocenters. The summed E-state index contributed by atoms with van der Waals surface area (Å²) in [4.78, 5) is 25.9. The zero-order valence-electron chi connectivity index (χ0n) is 8.15. The summed E-state index contributed by atoms with van der Waals surface area (Å²) in [5.74, 6) is 0. The van der Waals surface area contributed by atoms with Crippen molar-refractivity contribution in [2.75, 3.05) is 0 Å². The first-order valence-corrected chi connectivity index (χ1v) is 5.31. The van der Waals surface area contributed by atoms with Crippen LogP contribution in [-0.4, -0.2) is 19.8 Å². The fourth-order valence-corrected chi connectivity index (χ4v) is 1.60. The molecule has 0 aliphatic carbocycles. The zero-order chi connectivity index (χ0) is 12.3. The van der Waals surface area contributed by atoms with Crippen LogP contribution in [0.1, 0.15) is 11.9 Å². The van der Waals surface area contributed by atoms with Crippen molar-refractivity contribution in [2.24, 2.45) is 0 Å². The van der Waals surface area contributed by atoms with Gasteiger partial charge < -0.3 is 5.32 Å². The molecule has 8 heteroatoms. The lowest BCUT2D eigenvalue weighted by atomic mass is 10.4. The number of aromatic nitrogens is 2. The maximum absolute atomic E-state index is 11.6. The number of hydrogen-bond donors (Lipinski definition) is 1. The van der Waals surface area contributed by atoms with Crippen molar-refractivity contribution in [3.63, 3.8) is 0 Å². The number of nitrogens with zero attached hydrogens (tertiary/aromatic N) is 2. The van der Waals surface area contributed by atoms with Gasteiger partial charge in [-0.1, -0.05) is 34.8 Å². The second kappa shape index (κ2) is 5.03. The van der Waals surface area contributed by atoms with Gasteiger partial charge in [0.05, 0.1) is 6.33 Å². The van der Waals surface area contributed by atoms with Crippen molar-refractivity contribution >= 4 is 41.2 Å². The highest BCUT2D eigenvalue weighted by molar-refractivity contribution is 6.67. The third-order valence-electron chi connectivity index (χ3n) is 1.79. The van der Waals surface area contributed by atoms with Crippen LogP contribution in [0.5, 0.6) is 0 Å². The molecule has 0 aliphatic heterocycles. The quantitative estimate of drug-likeness (QED) is 0.669. The molecule has 0 radical (unpaired) electrons. The molecule has 1 rings (SSSR count). The van der Waals surface area contributed by atoms with Gasteiger partial charge >= 0.3 is 0 Å². The summed E-state index contributed by atoms with van der Waals surface area (Å²) in [6.07, 6.45) is 0.454. The van der Waals surface area contributed by atoms with Crippen molar-refractivity contribution in [2.45, 2.75) is 16.9 Å². The van der Waals surface area contributed by atoms with Crippen LogP contribution in [0.2, 0.25) is 0 Å². The minimum atomic E-state index is -1.85. The van der Waals surface area contributed by atoms with Gasteiger partial charge in [0.1, 0.15) is 0 Å². The highest BCUT2D eigenvalue weighted by Gasteiger charge is 2.34. The lowest BCUT2D eigenvalue weighted by Gasteiger charge is -2.25. The maximum Gasteiger partial charge on any atom is 0.255 e. The summed E-state index contributed by atoms with van der Waals surface area (Å²) in [5, 5.41) is 2.25. The van der Waals surface area contributed by atoms with E-state index in [-0.39, 0.29) is 0 Å². The van der Waals surface area contributed by atoms with Crippen LogP contribution in [0.15, 0.2) is 17.2 Å². The molecule has 16 heavy (non-hydrogen) atoms. The number of aryl methyl sites for hydroxylation is 1. The van der Waals surface area contributed by atoms with Gasteiger partial charge in [-0.05, 0) is 6.92 Å². The Bertz CT molecular complexity index is 441. The number of halogens is 3. The Morgan fingerprint density at radius 3 is 2.62 bits per heavy atom. The van der Waals surface area contributed by atoms with Gasteiger partial charge in [-0.2, -0.15) is 0 Å². The van der Waals surface area contributed by atoms with Crippen LogP contribution in [-0.2, 0) is 4.79 Å². The summed E-state index contributed by atoms with van der Waals surface area (Å²) in [5.41, 5.74) is 0.119. The number of carbonyl (C=O) groups excluding carboxylic acids is 1. The molecule has 0 spiro atoms. The lowest BCUT2D eigenvalue weighted by Crippen LogP contribution is -2.41. The molecule has 1 N–H and O–H groups in total. The molecular weight excluding hydrogens is 276 g/mol. The smallest absolute Gasteiger partial charge is 0.255 e. The highest BCUT2D eigenvalue weighted by atomic mass is 35.6. The predicted molar refractivity (Wildman–Crippen MR) is 61.8 cm³/mol. The van der Waals surface area contributed by atoms with Gasteiger partial charge in [0.15, 0.2) is 6.17 Å². The van der Waals surface area contributed by atoms with E-state index in [1.54, 1.807) is 6.92 Å². The Morgan fingerprint density at radius 2 is 2.19 bits per heavy atom. The van der Waals surface area contributed by atoms with Gasteiger partial charge in [-0.25, -0.2) is 4.98 Å². The van der Waals surface area contributed by atoms with E-state index in [9.17, 15) is 9.59 Å². The zero-order valence-corrected chi connectivity index (χ0v) is 10.4. The van der Waals surface area contributed by atoms with E-state index in [2.05, 4.69) is 10.3 Å². The van der Waals surface area contributed by atoms with Crippen LogP contribution in [0, 0.1) is 6.92 Å². The van der Waals surface area contributed by atoms with Crippen molar-refractivity contribution < 1.29 is 4.79 Å². The average molecular weight is 285 g/mol. The minimum absolute atomic E-state index is 0.346. The Kier molecular flexibility index (Phi) is 4.18. The summed E-state index contributed by atoms with van der Waals surface area (Å²) < 4.78 is -0.809. The first-order chi connectivity index (χ1) is 7.36. The Morgan fingerprint density at radius 1 is 1.56 bits per heavy atom. The highest BCUT2D eigenvalue weighted by Crippen LogP contribution is 2.35. The predicted octanol–water partition coefficient (Wildman–Crippen LogP) is 1.17. The summed E-state index contributed by atoms with van der Waals surface area (Å²) in [6, 6.07) is 1.27. The molecule has 0 saturated carbocycles. The van der Waals surface area contributed by atoms with Gasteiger partial charge in [-0.3, -0.25) is 14.2 Å². The Labute approximate surface area is 106 Å². The first-order valence-electron chi connectivity index (χ1n) is 4.17. The molecule has 5 nitrogen and oxygen atoms in total. The first kappa shape index (κ1) is 13.3. The molecule has 0 bridgehead atoms. The van der Waals surface area contributed by atoms with E-state index in [4.69, 9.17) is 34.8 Å². The van der Waals surface area contributed by atoms with Crippen molar-refractivity contribution in [3.8, 4) is 0 Å². The number of alkyl halides is 3. The summed E-state index contributed by atoms with van der Waals surface area (Å²) in [7, 11) is 0. The molecule has 1 aromatic rings. The third-order valence-corrected chi connectivity index (χ3v) is 2.41. The monoisotopic (exact) mass is 283 g/mol. The summed E-state index contributed by atoms with van der Waals surface area (Å²) >= 11 is 16.9. The molecule has 1 amide bonds. The van der Waals surface area contributed by atoms with Crippen LogP contribution in [0.25, 0.3) is 0 Å². The number of rotatable bonds is 3. The molecule has 1 unspecified atom stereocenters. The molecule has 1 heterocycles. The standard InChI is InChI=1S/C8H8Cl3N3O2/c1-5-2-6(16)14(3-12-5)7(13-4-15)8(9,10)11/h2-4,7H,1H3,(H,13,15). The van der Waals surface area contributed by atoms with E-state index < -0.39 is 15.5 Å². The van der Waals surface area contributed by atoms with E-state index in [1.165, 1.54) is 12.4 Å². The normalized spacial score (nSPS) is 13.2. The van der Waals surface area contributed by atoms with Crippen LogP contribution >= 0.6 is 34.8 Å². The van der Waals surface area contributed by atoms with Crippen LogP contribution in [0.4, 0.5) is 0 Å². The molecule has 0 saturated heterocycles. The van der Waals surface area contributed by atoms with Crippen molar-refractivity contribution in [3.05, 3.63) is 28.4 Å². The van der Waals surface area contributed by atoms with E-state index >= 15 is 0 Å². The van der Waals surface area contributed by atoms with E-state index in [1.807, 2.05) is 0 Å². The van der Waals surface area contributed by atoms with Crippen molar-refractivity contribution in [1.29, 1.82) is 0 Å². The van der Waals surface area contributed by atoms with Gasteiger partial charge in [0.2, 0.25) is 10.2 Å². The second-order valence-corrected chi connectivity index (χ2v) is 5.37. The van der Waals surface area contributed by atoms with Crippen LogP contribution < -0.4 is 10.9 Å². The van der Waals surface area contributed by atoms with Crippen molar-refractivity contribution in [1.82, 2.24) is 14.9 Å². The third kappa shape index (κ3) is 3.10. The van der Waals surface area contributed by atoms with Crippen LogP contribution in [0.3, 0.4) is 0 Å². The fraction of sp³-hybridized carbons (Fsp3) is 0.375. The number of nitrogens with one attached hydrogen (secondary N) is 1. The Hall–Kier alpha value is -0.780. The van der Waals surface area contributed by atoms with E-state index in [0.29, 0.717) is 12.1 Å².